The first kappa shape index (κ1) is 12.5. The van der Waals surface area contributed by atoms with Gasteiger partial charge in [0.2, 0.25) is 0 Å². The molecule has 1 rings (SSSR count). The van der Waals surface area contributed by atoms with Crippen molar-refractivity contribution in [3.05, 3.63) is 0 Å². The average molecular weight is 214 g/mol. The standard InChI is InChI=1S/C12H22O3/c1-8(2)9(3)15-12(14)10-5-4-6-11(13)7-10/h8-11,13H,4-7H2,1-3H3/t9?,10-,11-/m0/s1. The lowest BCUT2D eigenvalue weighted by atomic mass is 9.87. The summed E-state index contributed by atoms with van der Waals surface area (Å²) in [5.41, 5.74) is 0. The van der Waals surface area contributed by atoms with E-state index in [9.17, 15) is 9.90 Å². The number of aliphatic hydroxyl groups excluding tert-OH is 1. The summed E-state index contributed by atoms with van der Waals surface area (Å²) < 4.78 is 5.35. The minimum Gasteiger partial charge on any atom is -0.462 e. The molecular formula is C12H22O3. The van der Waals surface area contributed by atoms with Crippen LogP contribution in [0, 0.1) is 11.8 Å². The lowest BCUT2D eigenvalue weighted by Crippen LogP contribution is -2.30. The molecule has 0 aromatic heterocycles. The van der Waals surface area contributed by atoms with Crippen molar-refractivity contribution in [2.24, 2.45) is 11.8 Å². The molecule has 1 unspecified atom stereocenters. The van der Waals surface area contributed by atoms with Gasteiger partial charge in [-0.05, 0) is 32.1 Å². The second-order valence-electron chi connectivity index (χ2n) is 4.90. The van der Waals surface area contributed by atoms with Crippen LogP contribution in [0.5, 0.6) is 0 Å². The van der Waals surface area contributed by atoms with E-state index in [2.05, 4.69) is 0 Å². The smallest absolute Gasteiger partial charge is 0.309 e. The second-order valence-corrected chi connectivity index (χ2v) is 4.90. The third kappa shape index (κ3) is 3.82. The molecule has 0 aromatic rings. The number of carbonyl (C=O) groups excluding carboxylic acids is 1. The predicted molar refractivity (Wildman–Crippen MR) is 58.4 cm³/mol. The Morgan fingerprint density at radius 3 is 2.53 bits per heavy atom. The Bertz CT molecular complexity index is 213. The van der Waals surface area contributed by atoms with Gasteiger partial charge in [-0.15, -0.1) is 0 Å². The molecule has 15 heavy (non-hydrogen) atoms. The molecule has 0 bridgehead atoms. The summed E-state index contributed by atoms with van der Waals surface area (Å²) in [4.78, 5) is 11.7. The van der Waals surface area contributed by atoms with Crippen molar-refractivity contribution in [3.8, 4) is 0 Å². The molecule has 1 N–H and O–H groups in total. The zero-order chi connectivity index (χ0) is 11.4. The highest BCUT2D eigenvalue weighted by Crippen LogP contribution is 2.26. The van der Waals surface area contributed by atoms with Gasteiger partial charge in [-0.3, -0.25) is 4.79 Å². The minimum absolute atomic E-state index is 0.0310. The van der Waals surface area contributed by atoms with E-state index in [0.29, 0.717) is 12.3 Å². The largest absolute Gasteiger partial charge is 0.462 e. The van der Waals surface area contributed by atoms with Gasteiger partial charge >= 0.3 is 5.97 Å². The number of rotatable bonds is 3. The normalized spacial score (nSPS) is 28.9. The third-order valence-electron chi connectivity index (χ3n) is 3.22. The van der Waals surface area contributed by atoms with Crippen LogP contribution < -0.4 is 0 Å². The Labute approximate surface area is 91.8 Å². The van der Waals surface area contributed by atoms with Crippen molar-refractivity contribution in [3.63, 3.8) is 0 Å². The van der Waals surface area contributed by atoms with Crippen LogP contribution >= 0.6 is 0 Å². The molecular weight excluding hydrogens is 192 g/mol. The van der Waals surface area contributed by atoms with Crippen molar-refractivity contribution in [1.82, 2.24) is 0 Å². The van der Waals surface area contributed by atoms with E-state index in [4.69, 9.17) is 4.74 Å². The van der Waals surface area contributed by atoms with E-state index >= 15 is 0 Å². The zero-order valence-corrected chi connectivity index (χ0v) is 9.90. The molecule has 1 aliphatic carbocycles. The van der Waals surface area contributed by atoms with E-state index < -0.39 is 0 Å². The third-order valence-corrected chi connectivity index (χ3v) is 3.22. The number of hydrogen-bond donors (Lipinski definition) is 1. The first-order chi connectivity index (χ1) is 7.00. The fraction of sp³-hybridized carbons (Fsp3) is 0.917. The van der Waals surface area contributed by atoms with Crippen molar-refractivity contribution >= 4 is 5.97 Å². The number of hydrogen-bond acceptors (Lipinski definition) is 3. The van der Waals surface area contributed by atoms with Crippen LogP contribution in [-0.4, -0.2) is 23.3 Å². The van der Waals surface area contributed by atoms with E-state index in [1.165, 1.54) is 0 Å². The lowest BCUT2D eigenvalue weighted by molar-refractivity contribution is -0.157. The Kier molecular flexibility index (Phi) is 4.58. The maximum atomic E-state index is 11.7. The van der Waals surface area contributed by atoms with Gasteiger partial charge in [-0.2, -0.15) is 0 Å². The highest BCUT2D eigenvalue weighted by molar-refractivity contribution is 5.72. The summed E-state index contributed by atoms with van der Waals surface area (Å²) in [5.74, 6) is 0.132. The Morgan fingerprint density at radius 2 is 2.00 bits per heavy atom. The number of carbonyl (C=O) groups is 1. The molecule has 0 heterocycles. The SMILES string of the molecule is CC(C)C(C)OC(=O)[C@H]1CCC[C@H](O)C1. The van der Waals surface area contributed by atoms with Crippen molar-refractivity contribution in [2.75, 3.05) is 0 Å². The topological polar surface area (TPSA) is 46.5 Å². The molecule has 3 atom stereocenters. The molecule has 1 aliphatic rings. The highest BCUT2D eigenvalue weighted by Gasteiger charge is 2.28. The van der Waals surface area contributed by atoms with Crippen molar-refractivity contribution in [2.45, 2.75) is 58.7 Å². The number of aliphatic hydroxyl groups is 1. The molecule has 1 saturated carbocycles. The molecule has 3 heteroatoms. The molecule has 3 nitrogen and oxygen atoms in total. The van der Waals surface area contributed by atoms with Crippen LogP contribution in [0.4, 0.5) is 0 Å². The maximum Gasteiger partial charge on any atom is 0.309 e. The average Bonchev–Trinajstić information content (AvgIpc) is 2.17. The summed E-state index contributed by atoms with van der Waals surface area (Å²) in [6, 6.07) is 0. The van der Waals surface area contributed by atoms with E-state index in [1.807, 2.05) is 20.8 Å². The Morgan fingerprint density at radius 1 is 1.33 bits per heavy atom. The van der Waals surface area contributed by atoms with Gasteiger partial charge in [0.1, 0.15) is 6.10 Å². The minimum atomic E-state index is -0.314. The molecule has 0 saturated heterocycles. The molecule has 88 valence electrons. The van der Waals surface area contributed by atoms with Gasteiger partial charge < -0.3 is 9.84 Å². The van der Waals surface area contributed by atoms with E-state index in [0.717, 1.165) is 19.3 Å². The monoisotopic (exact) mass is 214 g/mol. The second kappa shape index (κ2) is 5.50. The zero-order valence-electron chi connectivity index (χ0n) is 9.90. The molecule has 0 aromatic carbocycles. The maximum absolute atomic E-state index is 11.7. The summed E-state index contributed by atoms with van der Waals surface area (Å²) in [5, 5.41) is 9.46. The molecule has 1 fully saturated rings. The number of ether oxygens (including phenoxy) is 1. The summed E-state index contributed by atoms with van der Waals surface area (Å²) >= 11 is 0. The summed E-state index contributed by atoms with van der Waals surface area (Å²) in [6.45, 7) is 5.99. The van der Waals surface area contributed by atoms with Crippen LogP contribution in [0.15, 0.2) is 0 Å². The Hall–Kier alpha value is -0.570. The van der Waals surface area contributed by atoms with Crippen molar-refractivity contribution < 1.29 is 14.6 Å². The molecule has 0 spiro atoms. The van der Waals surface area contributed by atoms with Crippen LogP contribution in [-0.2, 0) is 9.53 Å². The van der Waals surface area contributed by atoms with Gasteiger partial charge in [0.05, 0.1) is 12.0 Å². The van der Waals surface area contributed by atoms with Gasteiger partial charge in [-0.1, -0.05) is 20.3 Å². The molecule has 0 aliphatic heterocycles. The van der Waals surface area contributed by atoms with Crippen LogP contribution in [0.1, 0.15) is 46.5 Å². The summed E-state index contributed by atoms with van der Waals surface area (Å²) in [7, 11) is 0. The van der Waals surface area contributed by atoms with E-state index in [1.54, 1.807) is 0 Å². The van der Waals surface area contributed by atoms with Gasteiger partial charge in [0.15, 0.2) is 0 Å². The van der Waals surface area contributed by atoms with Crippen LogP contribution in [0.2, 0.25) is 0 Å². The van der Waals surface area contributed by atoms with Gasteiger partial charge in [-0.25, -0.2) is 0 Å². The fourth-order valence-corrected chi connectivity index (χ4v) is 1.79. The lowest BCUT2D eigenvalue weighted by Gasteiger charge is -2.26. The first-order valence-electron chi connectivity index (χ1n) is 5.89. The summed E-state index contributed by atoms with van der Waals surface area (Å²) in [6.07, 6.45) is 2.84. The van der Waals surface area contributed by atoms with Gasteiger partial charge in [0, 0.05) is 0 Å². The predicted octanol–water partition coefficient (Wildman–Crippen LogP) is 2.13. The van der Waals surface area contributed by atoms with Crippen molar-refractivity contribution in [1.29, 1.82) is 0 Å². The highest BCUT2D eigenvalue weighted by atomic mass is 16.5. The Balaban J connectivity index is 2.39. The quantitative estimate of drug-likeness (QED) is 0.732. The fourth-order valence-electron chi connectivity index (χ4n) is 1.79. The van der Waals surface area contributed by atoms with Crippen LogP contribution in [0.3, 0.4) is 0 Å². The molecule has 0 radical (unpaired) electrons. The number of esters is 1. The molecule has 0 amide bonds. The first-order valence-corrected chi connectivity index (χ1v) is 5.89. The van der Waals surface area contributed by atoms with Gasteiger partial charge in [0.25, 0.3) is 0 Å². The van der Waals surface area contributed by atoms with E-state index in [-0.39, 0.29) is 24.1 Å². The van der Waals surface area contributed by atoms with Crippen LogP contribution in [0.25, 0.3) is 0 Å².